The summed E-state index contributed by atoms with van der Waals surface area (Å²) in [6.07, 6.45) is 2.79. The minimum Gasteiger partial charge on any atom is -0.344 e. The Hall–Kier alpha value is -2.28. The van der Waals surface area contributed by atoms with E-state index in [-0.39, 0.29) is 21.1 Å². The fraction of sp³-hybridized carbons (Fsp3) is 0. The first-order valence-corrected chi connectivity index (χ1v) is 6.73. The Bertz CT molecular complexity index is 830. The van der Waals surface area contributed by atoms with Crippen LogP contribution in [0.3, 0.4) is 0 Å². The van der Waals surface area contributed by atoms with Crippen LogP contribution in [0.4, 0.5) is 14.5 Å². The van der Waals surface area contributed by atoms with Gasteiger partial charge in [0.25, 0.3) is 5.91 Å². The van der Waals surface area contributed by atoms with Crippen LogP contribution in [0.15, 0.2) is 41.1 Å². The zero-order chi connectivity index (χ0) is 15.0. The Labute approximate surface area is 126 Å². The maximum absolute atomic E-state index is 14.1. The molecule has 7 heteroatoms. The van der Waals surface area contributed by atoms with Crippen LogP contribution < -0.4 is 5.32 Å². The predicted octanol–water partition coefficient (Wildman–Crippen LogP) is 3.86. The van der Waals surface area contributed by atoms with Gasteiger partial charge in [-0.25, -0.2) is 13.8 Å². The van der Waals surface area contributed by atoms with Crippen molar-refractivity contribution in [3.05, 3.63) is 58.3 Å². The molecule has 0 spiro atoms. The first-order valence-electron chi connectivity index (χ1n) is 5.94. The number of benzene rings is 1. The molecule has 4 nitrogen and oxygen atoms in total. The summed E-state index contributed by atoms with van der Waals surface area (Å²) in [4.78, 5) is 18.8. The van der Waals surface area contributed by atoms with E-state index >= 15 is 0 Å². The van der Waals surface area contributed by atoms with Crippen molar-refractivity contribution >= 4 is 38.6 Å². The van der Waals surface area contributed by atoms with Gasteiger partial charge in [0.05, 0.1) is 15.5 Å². The maximum Gasteiger partial charge on any atom is 0.255 e. The van der Waals surface area contributed by atoms with Crippen LogP contribution in [0.1, 0.15) is 10.4 Å². The monoisotopic (exact) mass is 351 g/mol. The Balaban J connectivity index is 1.96. The lowest BCUT2D eigenvalue weighted by molar-refractivity contribution is 0.102. The van der Waals surface area contributed by atoms with Crippen LogP contribution in [0.25, 0.3) is 11.0 Å². The van der Waals surface area contributed by atoms with Crippen molar-refractivity contribution < 1.29 is 13.6 Å². The van der Waals surface area contributed by atoms with Gasteiger partial charge in [0.15, 0.2) is 5.82 Å². The highest BCUT2D eigenvalue weighted by atomic mass is 79.9. The van der Waals surface area contributed by atoms with E-state index in [1.165, 1.54) is 36.7 Å². The van der Waals surface area contributed by atoms with Crippen LogP contribution >= 0.6 is 15.9 Å². The summed E-state index contributed by atoms with van der Waals surface area (Å²) >= 11 is 3.05. The molecule has 0 fully saturated rings. The van der Waals surface area contributed by atoms with Crippen molar-refractivity contribution in [1.29, 1.82) is 0 Å². The summed E-state index contributed by atoms with van der Waals surface area (Å²) in [6, 6.07) is 5.07. The Kier molecular flexibility index (Phi) is 3.42. The predicted molar refractivity (Wildman–Crippen MR) is 78.1 cm³/mol. The fourth-order valence-electron chi connectivity index (χ4n) is 1.93. The van der Waals surface area contributed by atoms with Crippen LogP contribution in [-0.4, -0.2) is 15.9 Å². The molecular formula is C14H8BrF2N3O. The molecule has 3 rings (SSSR count). The Morgan fingerprint density at radius 2 is 1.95 bits per heavy atom. The van der Waals surface area contributed by atoms with Crippen molar-refractivity contribution in [2.75, 3.05) is 5.32 Å². The zero-order valence-corrected chi connectivity index (χ0v) is 12.0. The molecule has 106 valence electrons. The van der Waals surface area contributed by atoms with Gasteiger partial charge in [-0.05, 0) is 40.2 Å². The highest BCUT2D eigenvalue weighted by Gasteiger charge is 2.15. The number of hydrogen-bond donors (Lipinski definition) is 2. The van der Waals surface area contributed by atoms with Gasteiger partial charge in [-0.3, -0.25) is 4.79 Å². The molecule has 0 aliphatic heterocycles. The van der Waals surface area contributed by atoms with Crippen LogP contribution in [0, 0.1) is 11.6 Å². The highest BCUT2D eigenvalue weighted by molar-refractivity contribution is 9.10. The molecule has 0 saturated carbocycles. The number of carbonyl (C=O) groups is 1. The number of H-pyrrole nitrogens is 1. The van der Waals surface area contributed by atoms with Crippen molar-refractivity contribution in [2.24, 2.45) is 0 Å². The number of pyridine rings is 1. The van der Waals surface area contributed by atoms with Crippen molar-refractivity contribution in [3.8, 4) is 0 Å². The maximum atomic E-state index is 14.1. The molecule has 2 aromatic heterocycles. The third-order valence-electron chi connectivity index (χ3n) is 2.95. The van der Waals surface area contributed by atoms with E-state index in [0.717, 1.165) is 0 Å². The second-order valence-corrected chi connectivity index (χ2v) is 5.16. The van der Waals surface area contributed by atoms with E-state index in [1.54, 1.807) is 0 Å². The number of nitrogens with zero attached hydrogens (tertiary/aromatic N) is 1. The highest BCUT2D eigenvalue weighted by Crippen LogP contribution is 2.29. The summed E-state index contributed by atoms with van der Waals surface area (Å²) < 4.78 is 27.1. The van der Waals surface area contributed by atoms with Crippen LogP contribution in [-0.2, 0) is 0 Å². The van der Waals surface area contributed by atoms with E-state index in [2.05, 4.69) is 31.2 Å². The molecule has 3 aromatic rings. The number of nitrogens with one attached hydrogen (secondary N) is 2. The van der Waals surface area contributed by atoms with E-state index in [4.69, 9.17) is 0 Å². The largest absolute Gasteiger partial charge is 0.344 e. The van der Waals surface area contributed by atoms with Gasteiger partial charge in [0, 0.05) is 18.0 Å². The van der Waals surface area contributed by atoms with Gasteiger partial charge < -0.3 is 10.3 Å². The molecule has 0 aliphatic rings. The first-order chi connectivity index (χ1) is 10.1. The lowest BCUT2D eigenvalue weighted by Crippen LogP contribution is -2.11. The molecule has 0 aliphatic carbocycles. The number of aromatic nitrogens is 2. The Morgan fingerprint density at radius 3 is 2.67 bits per heavy atom. The van der Waals surface area contributed by atoms with Gasteiger partial charge in [-0.1, -0.05) is 0 Å². The van der Waals surface area contributed by atoms with Crippen molar-refractivity contribution in [2.45, 2.75) is 0 Å². The average Bonchev–Trinajstić information content (AvgIpc) is 2.87. The lowest BCUT2D eigenvalue weighted by Gasteiger charge is -2.04. The number of halogens is 3. The molecule has 0 atom stereocenters. The van der Waals surface area contributed by atoms with E-state index in [0.29, 0.717) is 5.65 Å². The molecule has 0 bridgehead atoms. The molecule has 1 amide bonds. The van der Waals surface area contributed by atoms with Gasteiger partial charge in [-0.15, -0.1) is 0 Å². The molecule has 0 saturated heterocycles. The number of rotatable bonds is 2. The number of aromatic amines is 1. The van der Waals surface area contributed by atoms with Gasteiger partial charge in [0.2, 0.25) is 0 Å². The molecule has 1 aromatic carbocycles. The smallest absolute Gasteiger partial charge is 0.255 e. The number of fused-ring (bicyclic) bond motifs is 1. The zero-order valence-electron chi connectivity index (χ0n) is 10.5. The van der Waals surface area contributed by atoms with Crippen LogP contribution in [0.2, 0.25) is 0 Å². The van der Waals surface area contributed by atoms with Gasteiger partial charge in [-0.2, -0.15) is 0 Å². The lowest BCUT2D eigenvalue weighted by atomic mass is 10.2. The molecule has 2 N–H and O–H groups in total. The molecule has 2 heterocycles. The minimum absolute atomic E-state index is 0.180. The van der Waals surface area contributed by atoms with Crippen molar-refractivity contribution in [1.82, 2.24) is 9.97 Å². The summed E-state index contributed by atoms with van der Waals surface area (Å²) in [6.45, 7) is 0. The third-order valence-corrected chi connectivity index (χ3v) is 3.50. The SMILES string of the molecule is O=C(Nc1c[nH]c2ncc(Br)c(F)c12)c1ccc(F)cc1. The van der Waals surface area contributed by atoms with Gasteiger partial charge in [0.1, 0.15) is 11.5 Å². The number of hydrogen-bond acceptors (Lipinski definition) is 2. The quantitative estimate of drug-likeness (QED) is 0.736. The molecule has 0 unspecified atom stereocenters. The molecule has 21 heavy (non-hydrogen) atoms. The normalized spacial score (nSPS) is 10.8. The fourth-order valence-corrected chi connectivity index (χ4v) is 2.23. The second-order valence-electron chi connectivity index (χ2n) is 4.31. The Morgan fingerprint density at radius 1 is 1.24 bits per heavy atom. The average molecular weight is 352 g/mol. The van der Waals surface area contributed by atoms with E-state index in [1.807, 2.05) is 0 Å². The molecular weight excluding hydrogens is 344 g/mol. The number of anilines is 1. The van der Waals surface area contributed by atoms with Crippen molar-refractivity contribution in [3.63, 3.8) is 0 Å². The summed E-state index contributed by atoms with van der Waals surface area (Å²) in [5.74, 6) is -1.41. The van der Waals surface area contributed by atoms with Gasteiger partial charge >= 0.3 is 0 Å². The summed E-state index contributed by atoms with van der Waals surface area (Å²) in [7, 11) is 0. The second kappa shape index (κ2) is 5.25. The number of carbonyl (C=O) groups excluding carboxylic acids is 1. The third kappa shape index (κ3) is 2.52. The van der Waals surface area contributed by atoms with E-state index < -0.39 is 17.5 Å². The standard InChI is InChI=1S/C14H8BrF2N3O/c15-9-5-18-13-11(12(9)17)10(6-19-13)20-14(21)7-1-3-8(16)4-2-7/h1-6H,(H,18,19)(H,20,21). The topological polar surface area (TPSA) is 57.8 Å². The summed E-state index contributed by atoms with van der Waals surface area (Å²) in [5, 5.41) is 2.76. The molecule has 0 radical (unpaired) electrons. The number of amides is 1. The minimum atomic E-state index is -0.518. The van der Waals surface area contributed by atoms with Crippen LogP contribution in [0.5, 0.6) is 0 Å². The first kappa shape index (κ1) is 13.7. The summed E-state index contributed by atoms with van der Waals surface area (Å²) in [5.41, 5.74) is 0.866. The van der Waals surface area contributed by atoms with E-state index in [9.17, 15) is 13.6 Å².